The van der Waals surface area contributed by atoms with E-state index in [4.69, 9.17) is 0 Å². The summed E-state index contributed by atoms with van der Waals surface area (Å²) in [6.45, 7) is -1.95. The summed E-state index contributed by atoms with van der Waals surface area (Å²) in [7, 11) is 0. The topological polar surface area (TPSA) is 106 Å². The standard InChI is InChI=1S/C21H23F2N5O4/c1-21(13-6-8-15(9-7-13)32-19(22)23)18(30)27(20(31)26-21)12-17(29)25-16-10-11-24-28(16)14-4-2-3-5-14/h6-11,14,19H,2-5,12H2,1H3,(H,25,29)(H,26,31). The average molecular weight is 447 g/mol. The first-order valence-electron chi connectivity index (χ1n) is 10.3. The van der Waals surface area contributed by atoms with Gasteiger partial charge in [-0.1, -0.05) is 25.0 Å². The Morgan fingerprint density at radius 1 is 1.25 bits per heavy atom. The Hall–Kier alpha value is -3.50. The Bertz CT molecular complexity index is 1020. The van der Waals surface area contributed by atoms with Gasteiger partial charge in [-0.15, -0.1) is 0 Å². The molecule has 170 valence electrons. The fourth-order valence-electron chi connectivity index (χ4n) is 4.18. The van der Waals surface area contributed by atoms with Crippen LogP contribution in [0.3, 0.4) is 0 Å². The minimum absolute atomic E-state index is 0.0702. The zero-order chi connectivity index (χ0) is 22.9. The molecule has 1 saturated carbocycles. The van der Waals surface area contributed by atoms with Crippen LogP contribution in [-0.2, 0) is 15.1 Å². The van der Waals surface area contributed by atoms with Crippen molar-refractivity contribution in [3.63, 3.8) is 0 Å². The molecule has 1 aliphatic heterocycles. The molecule has 11 heteroatoms. The van der Waals surface area contributed by atoms with Crippen LogP contribution >= 0.6 is 0 Å². The molecule has 0 radical (unpaired) electrons. The van der Waals surface area contributed by atoms with Gasteiger partial charge in [0.1, 0.15) is 23.7 Å². The van der Waals surface area contributed by atoms with Gasteiger partial charge in [-0.05, 0) is 37.5 Å². The van der Waals surface area contributed by atoms with E-state index in [1.54, 1.807) is 16.9 Å². The number of hydrogen-bond acceptors (Lipinski definition) is 5. The molecule has 1 unspecified atom stereocenters. The number of rotatable bonds is 7. The third-order valence-corrected chi connectivity index (χ3v) is 5.84. The van der Waals surface area contributed by atoms with Crippen molar-refractivity contribution in [2.45, 2.75) is 50.8 Å². The normalized spacial score (nSPS) is 21.3. The average Bonchev–Trinajstić information content (AvgIpc) is 3.46. The minimum Gasteiger partial charge on any atom is -0.435 e. The molecule has 2 fully saturated rings. The van der Waals surface area contributed by atoms with Crippen LogP contribution in [0.4, 0.5) is 19.4 Å². The van der Waals surface area contributed by atoms with Gasteiger partial charge >= 0.3 is 12.6 Å². The second-order valence-electron chi connectivity index (χ2n) is 8.00. The SMILES string of the molecule is CC1(c2ccc(OC(F)F)cc2)NC(=O)N(CC(=O)Nc2ccnn2C2CCCC2)C1=O. The number of ether oxygens (including phenoxy) is 1. The van der Waals surface area contributed by atoms with E-state index in [1.165, 1.54) is 31.2 Å². The predicted molar refractivity (Wildman–Crippen MR) is 109 cm³/mol. The van der Waals surface area contributed by atoms with E-state index in [-0.39, 0.29) is 11.8 Å². The second-order valence-corrected chi connectivity index (χ2v) is 8.00. The van der Waals surface area contributed by atoms with Crippen molar-refractivity contribution < 1.29 is 27.9 Å². The summed E-state index contributed by atoms with van der Waals surface area (Å²) in [5, 5.41) is 9.59. The number of aromatic nitrogens is 2. The molecular formula is C21H23F2N5O4. The lowest BCUT2D eigenvalue weighted by atomic mass is 9.92. The van der Waals surface area contributed by atoms with Crippen LogP contribution in [0, 0.1) is 0 Å². The predicted octanol–water partition coefficient (Wildman–Crippen LogP) is 3.01. The highest BCUT2D eigenvalue weighted by Crippen LogP contribution is 2.32. The lowest BCUT2D eigenvalue weighted by Gasteiger charge is -2.22. The number of benzene rings is 1. The van der Waals surface area contributed by atoms with Gasteiger partial charge in [0.15, 0.2) is 0 Å². The molecule has 1 atom stereocenters. The van der Waals surface area contributed by atoms with Gasteiger partial charge in [-0.2, -0.15) is 13.9 Å². The van der Waals surface area contributed by atoms with E-state index in [2.05, 4.69) is 20.5 Å². The first-order chi connectivity index (χ1) is 15.3. The molecule has 0 bridgehead atoms. The number of hydrogen-bond donors (Lipinski definition) is 2. The van der Waals surface area contributed by atoms with Gasteiger partial charge in [0.25, 0.3) is 5.91 Å². The molecule has 9 nitrogen and oxygen atoms in total. The van der Waals surface area contributed by atoms with Gasteiger partial charge in [0.05, 0.1) is 12.2 Å². The lowest BCUT2D eigenvalue weighted by Crippen LogP contribution is -2.42. The second kappa shape index (κ2) is 8.56. The van der Waals surface area contributed by atoms with Crippen molar-refractivity contribution in [1.29, 1.82) is 0 Å². The highest BCUT2D eigenvalue weighted by Gasteiger charge is 2.49. The molecule has 2 N–H and O–H groups in total. The Morgan fingerprint density at radius 2 is 1.94 bits per heavy atom. The van der Waals surface area contributed by atoms with E-state index < -0.39 is 36.5 Å². The number of carbonyl (C=O) groups is 3. The zero-order valence-corrected chi connectivity index (χ0v) is 17.4. The number of halogens is 2. The minimum atomic E-state index is -2.97. The zero-order valence-electron chi connectivity index (χ0n) is 17.4. The largest absolute Gasteiger partial charge is 0.435 e. The van der Waals surface area contributed by atoms with Crippen LogP contribution in [0.5, 0.6) is 5.75 Å². The fourth-order valence-corrected chi connectivity index (χ4v) is 4.18. The first-order valence-corrected chi connectivity index (χ1v) is 10.3. The maximum absolute atomic E-state index is 13.0. The van der Waals surface area contributed by atoms with E-state index >= 15 is 0 Å². The molecular weight excluding hydrogens is 424 g/mol. The van der Waals surface area contributed by atoms with Crippen LogP contribution in [0.2, 0.25) is 0 Å². The van der Waals surface area contributed by atoms with Crippen LogP contribution in [0.15, 0.2) is 36.5 Å². The van der Waals surface area contributed by atoms with Crippen molar-refractivity contribution in [3.05, 3.63) is 42.1 Å². The fraction of sp³-hybridized carbons (Fsp3) is 0.429. The summed E-state index contributed by atoms with van der Waals surface area (Å²) in [5.74, 6) is -0.701. The van der Waals surface area contributed by atoms with Crippen LogP contribution in [-0.4, -0.2) is 45.7 Å². The number of nitrogens with zero attached hydrogens (tertiary/aromatic N) is 3. The number of amides is 4. The third kappa shape index (κ3) is 4.14. The van der Waals surface area contributed by atoms with E-state index in [0.717, 1.165) is 30.6 Å². The molecule has 32 heavy (non-hydrogen) atoms. The van der Waals surface area contributed by atoms with Crippen molar-refractivity contribution in [2.24, 2.45) is 0 Å². The number of nitrogens with one attached hydrogen (secondary N) is 2. The molecule has 1 aromatic heterocycles. The first kappa shape index (κ1) is 21.7. The lowest BCUT2D eigenvalue weighted by molar-refractivity contribution is -0.133. The summed E-state index contributed by atoms with van der Waals surface area (Å²) < 4.78 is 30.8. The number of urea groups is 1. The van der Waals surface area contributed by atoms with Crippen LogP contribution in [0.25, 0.3) is 0 Å². The summed E-state index contributed by atoms with van der Waals surface area (Å²) in [6, 6.07) is 6.58. The Morgan fingerprint density at radius 3 is 2.59 bits per heavy atom. The maximum atomic E-state index is 13.0. The van der Waals surface area contributed by atoms with Crippen LogP contribution < -0.4 is 15.4 Å². The molecule has 1 aromatic carbocycles. The Kier molecular flexibility index (Phi) is 5.81. The highest BCUT2D eigenvalue weighted by atomic mass is 19.3. The molecule has 1 aliphatic carbocycles. The molecule has 0 spiro atoms. The molecule has 1 saturated heterocycles. The summed E-state index contributed by atoms with van der Waals surface area (Å²) >= 11 is 0. The quantitative estimate of drug-likeness (QED) is 0.635. The smallest absolute Gasteiger partial charge is 0.387 e. The van der Waals surface area contributed by atoms with Crippen molar-refractivity contribution >= 4 is 23.7 Å². The third-order valence-electron chi connectivity index (χ3n) is 5.84. The number of alkyl halides is 2. The van der Waals surface area contributed by atoms with Crippen molar-refractivity contribution in [2.75, 3.05) is 11.9 Å². The van der Waals surface area contributed by atoms with E-state index in [1.807, 2.05) is 0 Å². The maximum Gasteiger partial charge on any atom is 0.387 e. The molecule has 2 aromatic rings. The van der Waals surface area contributed by atoms with Crippen molar-refractivity contribution in [1.82, 2.24) is 20.0 Å². The number of anilines is 1. The van der Waals surface area contributed by atoms with Crippen LogP contribution in [0.1, 0.15) is 44.2 Å². The summed E-state index contributed by atoms with van der Waals surface area (Å²) in [6.07, 6.45) is 5.77. The molecule has 2 aliphatic rings. The molecule has 2 heterocycles. The van der Waals surface area contributed by atoms with E-state index in [0.29, 0.717) is 11.4 Å². The number of carbonyl (C=O) groups excluding carboxylic acids is 3. The molecule has 4 amide bonds. The van der Waals surface area contributed by atoms with E-state index in [9.17, 15) is 23.2 Å². The monoisotopic (exact) mass is 447 g/mol. The summed E-state index contributed by atoms with van der Waals surface area (Å²) in [4.78, 5) is 38.9. The van der Waals surface area contributed by atoms with Gasteiger partial charge in [-0.3, -0.25) is 14.5 Å². The molecule has 4 rings (SSSR count). The Balaban J connectivity index is 1.44. The van der Waals surface area contributed by atoms with Gasteiger partial charge in [-0.25, -0.2) is 9.48 Å². The van der Waals surface area contributed by atoms with Gasteiger partial charge < -0.3 is 15.4 Å². The number of imide groups is 1. The Labute approximate surface area is 182 Å². The highest BCUT2D eigenvalue weighted by molar-refractivity contribution is 6.10. The van der Waals surface area contributed by atoms with Gasteiger partial charge in [0, 0.05) is 6.07 Å². The van der Waals surface area contributed by atoms with Gasteiger partial charge in [0.2, 0.25) is 5.91 Å². The van der Waals surface area contributed by atoms with Crippen molar-refractivity contribution in [3.8, 4) is 5.75 Å². The summed E-state index contributed by atoms with van der Waals surface area (Å²) in [5.41, 5.74) is -1.06.